The zero-order valence-electron chi connectivity index (χ0n) is 13.5. The summed E-state index contributed by atoms with van der Waals surface area (Å²) in [5.74, 6) is -1.49. The normalized spacial score (nSPS) is 15.4. The number of rotatable bonds is 11. The van der Waals surface area contributed by atoms with Crippen molar-refractivity contribution in [2.75, 3.05) is 26.2 Å². The van der Waals surface area contributed by atoms with Crippen LogP contribution in [0.1, 0.15) is 47.0 Å². The number of quaternary nitrogens is 1. The van der Waals surface area contributed by atoms with Gasteiger partial charge < -0.3 is 19.5 Å². The van der Waals surface area contributed by atoms with Crippen LogP contribution in [0.25, 0.3) is 0 Å². The molecule has 0 saturated heterocycles. The van der Waals surface area contributed by atoms with E-state index in [1.807, 2.05) is 0 Å². The molecule has 0 aliphatic heterocycles. The molecule has 0 aliphatic rings. The SMILES string of the molecule is CC/C=C/CCC(O)C[N+](CC)(CC)CC(C)C(=O)[O-]. The van der Waals surface area contributed by atoms with Crippen LogP contribution in [-0.4, -0.2) is 47.8 Å². The lowest BCUT2D eigenvalue weighted by Gasteiger charge is -2.40. The monoisotopic (exact) mass is 285 g/mol. The third-order valence-electron chi connectivity index (χ3n) is 4.07. The number of hydrogen-bond donors (Lipinski definition) is 1. The van der Waals surface area contributed by atoms with Gasteiger partial charge in [-0.1, -0.05) is 26.0 Å². The van der Waals surface area contributed by atoms with E-state index >= 15 is 0 Å². The summed E-state index contributed by atoms with van der Waals surface area (Å²) in [7, 11) is 0. The van der Waals surface area contributed by atoms with Gasteiger partial charge in [0.2, 0.25) is 0 Å². The minimum absolute atomic E-state index is 0.384. The first-order chi connectivity index (χ1) is 9.40. The summed E-state index contributed by atoms with van der Waals surface area (Å²) in [6, 6.07) is 0. The molecule has 0 amide bonds. The molecule has 0 radical (unpaired) electrons. The molecule has 0 aromatic carbocycles. The number of aliphatic hydroxyl groups is 1. The highest BCUT2D eigenvalue weighted by Crippen LogP contribution is 2.15. The van der Waals surface area contributed by atoms with Gasteiger partial charge in [-0.2, -0.15) is 0 Å². The van der Waals surface area contributed by atoms with Gasteiger partial charge in [0.05, 0.1) is 19.6 Å². The molecule has 1 N–H and O–H groups in total. The first-order valence-corrected chi connectivity index (χ1v) is 7.79. The number of allylic oxidation sites excluding steroid dienone is 2. The summed E-state index contributed by atoms with van der Waals surface area (Å²) in [5.41, 5.74) is 0. The summed E-state index contributed by atoms with van der Waals surface area (Å²) in [6.45, 7) is 10.7. The first kappa shape index (κ1) is 19.1. The molecule has 0 heterocycles. The molecule has 0 spiro atoms. The van der Waals surface area contributed by atoms with E-state index in [0.29, 0.717) is 17.6 Å². The van der Waals surface area contributed by atoms with Crippen molar-refractivity contribution in [1.29, 1.82) is 0 Å². The van der Waals surface area contributed by atoms with E-state index in [1.165, 1.54) is 0 Å². The molecule has 0 fully saturated rings. The third-order valence-corrected chi connectivity index (χ3v) is 4.07. The lowest BCUT2D eigenvalue weighted by Crippen LogP contribution is -2.56. The number of carboxylic acids is 1. The number of hydrogen-bond acceptors (Lipinski definition) is 3. The van der Waals surface area contributed by atoms with Gasteiger partial charge in [0.25, 0.3) is 0 Å². The Hall–Kier alpha value is -0.870. The van der Waals surface area contributed by atoms with Crippen molar-refractivity contribution in [3.05, 3.63) is 12.2 Å². The summed E-state index contributed by atoms with van der Waals surface area (Å²) in [6.07, 6.45) is 6.44. The molecule has 0 saturated carbocycles. The number of carbonyl (C=O) groups excluding carboxylic acids is 1. The molecule has 2 unspecified atom stereocenters. The molecule has 0 aromatic heterocycles. The van der Waals surface area contributed by atoms with Crippen LogP contribution in [0.3, 0.4) is 0 Å². The van der Waals surface area contributed by atoms with Gasteiger partial charge in [-0.25, -0.2) is 0 Å². The highest BCUT2D eigenvalue weighted by Gasteiger charge is 2.29. The molecule has 118 valence electrons. The lowest BCUT2D eigenvalue weighted by molar-refractivity contribution is -0.929. The van der Waals surface area contributed by atoms with E-state index < -0.39 is 11.9 Å². The maximum atomic E-state index is 10.9. The molecule has 0 bridgehead atoms. The Morgan fingerprint density at radius 3 is 2.25 bits per heavy atom. The van der Waals surface area contributed by atoms with E-state index in [9.17, 15) is 15.0 Å². The quantitative estimate of drug-likeness (QED) is 0.460. The van der Waals surface area contributed by atoms with Gasteiger partial charge in [-0.15, -0.1) is 0 Å². The molecular weight excluding hydrogens is 254 g/mol. The van der Waals surface area contributed by atoms with E-state index in [-0.39, 0.29) is 6.10 Å². The van der Waals surface area contributed by atoms with E-state index in [1.54, 1.807) is 6.92 Å². The van der Waals surface area contributed by atoms with Crippen LogP contribution in [0.15, 0.2) is 12.2 Å². The Balaban J connectivity index is 4.50. The Bertz CT molecular complexity index is 298. The Morgan fingerprint density at radius 2 is 1.80 bits per heavy atom. The van der Waals surface area contributed by atoms with Crippen LogP contribution in [0.5, 0.6) is 0 Å². The second-order valence-electron chi connectivity index (χ2n) is 5.67. The van der Waals surface area contributed by atoms with E-state index in [0.717, 1.165) is 32.4 Å². The third kappa shape index (κ3) is 7.06. The first-order valence-electron chi connectivity index (χ1n) is 7.79. The Kier molecular flexibility index (Phi) is 9.51. The van der Waals surface area contributed by atoms with Gasteiger partial charge in [0.15, 0.2) is 0 Å². The standard InChI is InChI=1S/C16H31NO3/c1-5-8-9-10-11-15(18)13-17(6-2,7-3)12-14(4)16(19)20/h8-9,14-15,18H,5-7,10-13H2,1-4H3/b9-8+. The zero-order valence-corrected chi connectivity index (χ0v) is 13.5. The van der Waals surface area contributed by atoms with Crippen molar-refractivity contribution < 1.29 is 19.5 Å². The highest BCUT2D eigenvalue weighted by atomic mass is 16.4. The fourth-order valence-corrected chi connectivity index (χ4v) is 2.58. The second kappa shape index (κ2) is 9.94. The van der Waals surface area contributed by atoms with Crippen molar-refractivity contribution in [2.45, 2.75) is 53.1 Å². The number of carbonyl (C=O) groups is 1. The molecule has 2 atom stereocenters. The minimum atomic E-state index is -1.00. The highest BCUT2D eigenvalue weighted by molar-refractivity contribution is 5.67. The number of aliphatic carboxylic acids is 1. The predicted octanol–water partition coefficient (Wildman–Crippen LogP) is 1.34. The van der Waals surface area contributed by atoms with Crippen molar-refractivity contribution in [3.63, 3.8) is 0 Å². The molecule has 4 heteroatoms. The average Bonchev–Trinajstić information content (AvgIpc) is 2.42. The van der Waals surface area contributed by atoms with E-state index in [4.69, 9.17) is 0 Å². The van der Waals surface area contributed by atoms with Crippen LogP contribution in [0.2, 0.25) is 0 Å². The lowest BCUT2D eigenvalue weighted by atomic mass is 10.1. The minimum Gasteiger partial charge on any atom is -0.550 e. The zero-order chi connectivity index (χ0) is 15.6. The van der Waals surface area contributed by atoms with Gasteiger partial charge in [0, 0.05) is 11.9 Å². The smallest absolute Gasteiger partial charge is 0.105 e. The molecule has 0 aliphatic carbocycles. The summed E-state index contributed by atoms with van der Waals surface area (Å²) < 4.78 is 0.633. The summed E-state index contributed by atoms with van der Waals surface area (Å²) in [4.78, 5) is 10.9. The predicted molar refractivity (Wildman–Crippen MR) is 79.9 cm³/mol. The molecule has 4 nitrogen and oxygen atoms in total. The van der Waals surface area contributed by atoms with Gasteiger partial charge in [-0.3, -0.25) is 0 Å². The topological polar surface area (TPSA) is 60.4 Å². The number of aliphatic hydroxyl groups excluding tert-OH is 1. The molecule has 0 rings (SSSR count). The average molecular weight is 285 g/mol. The Labute approximate surface area is 123 Å². The van der Waals surface area contributed by atoms with Crippen molar-refractivity contribution in [3.8, 4) is 0 Å². The molecule has 0 aromatic rings. The fourth-order valence-electron chi connectivity index (χ4n) is 2.58. The van der Waals surface area contributed by atoms with Gasteiger partial charge >= 0.3 is 0 Å². The number of carboxylic acid groups (broad SMARTS) is 1. The van der Waals surface area contributed by atoms with Crippen molar-refractivity contribution in [1.82, 2.24) is 0 Å². The number of nitrogens with zero attached hydrogens (tertiary/aromatic N) is 1. The summed E-state index contributed by atoms with van der Waals surface area (Å²) >= 11 is 0. The maximum absolute atomic E-state index is 10.9. The fraction of sp³-hybridized carbons (Fsp3) is 0.812. The molecular formula is C16H31NO3. The van der Waals surface area contributed by atoms with Crippen LogP contribution < -0.4 is 5.11 Å². The Morgan fingerprint density at radius 1 is 1.20 bits per heavy atom. The van der Waals surface area contributed by atoms with E-state index in [2.05, 4.69) is 32.9 Å². The van der Waals surface area contributed by atoms with Crippen LogP contribution in [0.4, 0.5) is 0 Å². The second-order valence-corrected chi connectivity index (χ2v) is 5.67. The summed E-state index contributed by atoms with van der Waals surface area (Å²) in [5, 5.41) is 21.1. The van der Waals surface area contributed by atoms with Crippen molar-refractivity contribution in [2.24, 2.45) is 5.92 Å². The van der Waals surface area contributed by atoms with Crippen LogP contribution in [-0.2, 0) is 4.79 Å². The van der Waals surface area contributed by atoms with Gasteiger partial charge in [-0.05, 0) is 33.1 Å². The largest absolute Gasteiger partial charge is 0.550 e. The van der Waals surface area contributed by atoms with Crippen LogP contribution >= 0.6 is 0 Å². The van der Waals surface area contributed by atoms with Crippen molar-refractivity contribution >= 4 is 5.97 Å². The van der Waals surface area contributed by atoms with Gasteiger partial charge in [0.1, 0.15) is 12.6 Å². The number of likely N-dealkylation sites (N-methyl/N-ethyl adjacent to an activating group) is 1. The maximum Gasteiger partial charge on any atom is 0.105 e. The molecule has 20 heavy (non-hydrogen) atoms. The van der Waals surface area contributed by atoms with Crippen LogP contribution in [0, 0.1) is 5.92 Å².